The fourth-order valence-corrected chi connectivity index (χ4v) is 1.72. The molecule has 1 atom stereocenters. The van der Waals surface area contributed by atoms with Gasteiger partial charge in [-0.25, -0.2) is 4.39 Å². The fourth-order valence-electron chi connectivity index (χ4n) is 1.72. The normalized spacial score (nSPS) is 12.2. The van der Waals surface area contributed by atoms with E-state index in [0.717, 1.165) is 12.8 Å². The van der Waals surface area contributed by atoms with Crippen molar-refractivity contribution in [3.63, 3.8) is 0 Å². The maximum absolute atomic E-state index is 13.5. The highest BCUT2D eigenvalue weighted by Gasteiger charge is 2.17. The molecular formula is C13H19FN2O. The van der Waals surface area contributed by atoms with Crippen LogP contribution in [0, 0.1) is 18.7 Å². The molecule has 0 spiro atoms. The molecule has 0 saturated carbocycles. The summed E-state index contributed by atoms with van der Waals surface area (Å²) in [6.07, 6.45) is 1.60. The van der Waals surface area contributed by atoms with E-state index in [9.17, 15) is 9.18 Å². The first-order valence-corrected chi connectivity index (χ1v) is 5.86. The molecule has 0 heterocycles. The van der Waals surface area contributed by atoms with Crippen LogP contribution in [0.5, 0.6) is 0 Å². The molecule has 3 N–H and O–H groups in total. The first-order valence-electron chi connectivity index (χ1n) is 5.86. The summed E-state index contributed by atoms with van der Waals surface area (Å²) in [7, 11) is 0. The maximum atomic E-state index is 13.5. The predicted molar refractivity (Wildman–Crippen MR) is 67.2 cm³/mol. The highest BCUT2D eigenvalue weighted by molar-refractivity contribution is 5.93. The van der Waals surface area contributed by atoms with Crippen molar-refractivity contribution in [1.82, 2.24) is 0 Å². The standard InChI is InChI=1S/C13H19FN2O/c1-3-5-10(8-15)13(17)16-12-9(2)6-4-7-11(12)14/h4,6-7,10H,3,5,8,15H2,1-2H3,(H,16,17). The summed E-state index contributed by atoms with van der Waals surface area (Å²) in [5.74, 6) is -0.868. The number of nitrogens with two attached hydrogens (primary N) is 1. The molecule has 4 heteroatoms. The molecule has 1 aromatic carbocycles. The summed E-state index contributed by atoms with van der Waals surface area (Å²) in [5.41, 5.74) is 6.50. The number of hydrogen-bond acceptors (Lipinski definition) is 2. The van der Waals surface area contributed by atoms with Crippen LogP contribution in [0.3, 0.4) is 0 Å². The van der Waals surface area contributed by atoms with Crippen LogP contribution in [0.2, 0.25) is 0 Å². The van der Waals surface area contributed by atoms with Gasteiger partial charge in [0.05, 0.1) is 11.6 Å². The van der Waals surface area contributed by atoms with Gasteiger partial charge in [-0.1, -0.05) is 25.5 Å². The van der Waals surface area contributed by atoms with Gasteiger partial charge < -0.3 is 11.1 Å². The molecule has 17 heavy (non-hydrogen) atoms. The number of amides is 1. The number of rotatable bonds is 5. The van der Waals surface area contributed by atoms with Gasteiger partial charge in [0.15, 0.2) is 0 Å². The van der Waals surface area contributed by atoms with Gasteiger partial charge in [0.25, 0.3) is 0 Å². The molecule has 3 nitrogen and oxygen atoms in total. The lowest BCUT2D eigenvalue weighted by Gasteiger charge is -2.15. The highest BCUT2D eigenvalue weighted by Crippen LogP contribution is 2.20. The third-order valence-corrected chi connectivity index (χ3v) is 2.76. The Balaban J connectivity index is 2.80. The molecule has 0 fully saturated rings. The van der Waals surface area contributed by atoms with Crippen LogP contribution >= 0.6 is 0 Å². The lowest BCUT2D eigenvalue weighted by atomic mass is 10.0. The van der Waals surface area contributed by atoms with Crippen LogP contribution in [0.25, 0.3) is 0 Å². The quantitative estimate of drug-likeness (QED) is 0.827. The number of benzene rings is 1. The number of hydrogen-bond donors (Lipinski definition) is 2. The fraction of sp³-hybridized carbons (Fsp3) is 0.462. The lowest BCUT2D eigenvalue weighted by Crippen LogP contribution is -2.29. The zero-order valence-electron chi connectivity index (χ0n) is 10.3. The van der Waals surface area contributed by atoms with Gasteiger partial charge in [0, 0.05) is 6.54 Å². The van der Waals surface area contributed by atoms with Crippen molar-refractivity contribution in [2.45, 2.75) is 26.7 Å². The molecule has 0 radical (unpaired) electrons. The van der Waals surface area contributed by atoms with E-state index >= 15 is 0 Å². The summed E-state index contributed by atoms with van der Waals surface area (Å²) in [6.45, 7) is 4.04. The molecule has 1 aromatic rings. The van der Waals surface area contributed by atoms with E-state index in [1.54, 1.807) is 19.1 Å². The minimum absolute atomic E-state index is 0.206. The van der Waals surface area contributed by atoms with Crippen molar-refractivity contribution in [3.8, 4) is 0 Å². The third kappa shape index (κ3) is 3.53. The van der Waals surface area contributed by atoms with Crippen LogP contribution in [-0.4, -0.2) is 12.5 Å². The SMILES string of the molecule is CCCC(CN)C(=O)Nc1c(C)cccc1F. The summed E-state index contributed by atoms with van der Waals surface area (Å²) in [4.78, 5) is 11.9. The third-order valence-electron chi connectivity index (χ3n) is 2.76. The van der Waals surface area contributed by atoms with Crippen LogP contribution in [-0.2, 0) is 4.79 Å². The Kier molecular flexibility index (Phi) is 5.10. The van der Waals surface area contributed by atoms with Crippen molar-refractivity contribution in [3.05, 3.63) is 29.6 Å². The molecule has 0 bridgehead atoms. The lowest BCUT2D eigenvalue weighted by molar-refractivity contribution is -0.119. The minimum atomic E-state index is -0.411. The molecule has 0 aromatic heterocycles. The van der Waals surface area contributed by atoms with Crippen molar-refractivity contribution in [2.75, 3.05) is 11.9 Å². The second kappa shape index (κ2) is 6.35. The van der Waals surface area contributed by atoms with E-state index in [-0.39, 0.29) is 24.1 Å². The largest absolute Gasteiger partial charge is 0.330 e. The number of para-hydroxylation sites is 1. The summed E-state index contributed by atoms with van der Waals surface area (Å²) < 4.78 is 13.5. The van der Waals surface area contributed by atoms with Gasteiger partial charge >= 0.3 is 0 Å². The first kappa shape index (κ1) is 13.6. The molecule has 1 rings (SSSR count). The number of anilines is 1. The molecule has 1 amide bonds. The van der Waals surface area contributed by atoms with E-state index in [1.165, 1.54) is 6.07 Å². The number of nitrogens with one attached hydrogen (secondary N) is 1. The Morgan fingerprint density at radius 2 is 2.24 bits per heavy atom. The molecule has 0 aliphatic heterocycles. The highest BCUT2D eigenvalue weighted by atomic mass is 19.1. The average Bonchev–Trinajstić information content (AvgIpc) is 2.30. The van der Waals surface area contributed by atoms with E-state index in [2.05, 4.69) is 5.32 Å². The Morgan fingerprint density at radius 1 is 1.53 bits per heavy atom. The monoisotopic (exact) mass is 238 g/mol. The topological polar surface area (TPSA) is 55.1 Å². The zero-order valence-corrected chi connectivity index (χ0v) is 10.3. The summed E-state index contributed by atoms with van der Waals surface area (Å²) >= 11 is 0. The van der Waals surface area contributed by atoms with Gasteiger partial charge in [0.2, 0.25) is 5.91 Å². The van der Waals surface area contributed by atoms with Crippen molar-refractivity contribution in [1.29, 1.82) is 0 Å². The van der Waals surface area contributed by atoms with Gasteiger partial charge in [-0.15, -0.1) is 0 Å². The second-order valence-corrected chi connectivity index (χ2v) is 4.14. The van der Waals surface area contributed by atoms with E-state index in [1.807, 2.05) is 6.92 Å². The van der Waals surface area contributed by atoms with Crippen LogP contribution in [0.4, 0.5) is 10.1 Å². The number of carbonyl (C=O) groups excluding carboxylic acids is 1. The van der Waals surface area contributed by atoms with Crippen molar-refractivity contribution < 1.29 is 9.18 Å². The van der Waals surface area contributed by atoms with Crippen molar-refractivity contribution >= 4 is 11.6 Å². The Morgan fingerprint density at radius 3 is 2.76 bits per heavy atom. The molecule has 0 saturated heterocycles. The second-order valence-electron chi connectivity index (χ2n) is 4.14. The van der Waals surface area contributed by atoms with E-state index in [0.29, 0.717) is 5.56 Å². The molecule has 94 valence electrons. The molecule has 0 aliphatic carbocycles. The van der Waals surface area contributed by atoms with Gasteiger partial charge in [0.1, 0.15) is 5.82 Å². The average molecular weight is 238 g/mol. The van der Waals surface area contributed by atoms with Gasteiger partial charge in [-0.2, -0.15) is 0 Å². The Bertz CT molecular complexity index is 373. The van der Waals surface area contributed by atoms with E-state index in [4.69, 9.17) is 5.73 Å². The van der Waals surface area contributed by atoms with Crippen LogP contribution < -0.4 is 11.1 Å². The molecule has 0 aliphatic rings. The summed E-state index contributed by atoms with van der Waals surface area (Å²) in [5, 5.41) is 2.62. The van der Waals surface area contributed by atoms with E-state index < -0.39 is 5.82 Å². The Hall–Kier alpha value is -1.42. The Labute approximate surface area is 101 Å². The molecule has 1 unspecified atom stereocenters. The van der Waals surface area contributed by atoms with Gasteiger partial charge in [-0.3, -0.25) is 4.79 Å². The number of carbonyl (C=O) groups is 1. The minimum Gasteiger partial charge on any atom is -0.330 e. The van der Waals surface area contributed by atoms with Gasteiger partial charge in [-0.05, 0) is 25.0 Å². The number of aryl methyl sites for hydroxylation is 1. The van der Waals surface area contributed by atoms with Crippen LogP contribution in [0.15, 0.2) is 18.2 Å². The van der Waals surface area contributed by atoms with Crippen molar-refractivity contribution in [2.24, 2.45) is 11.7 Å². The van der Waals surface area contributed by atoms with Crippen LogP contribution in [0.1, 0.15) is 25.3 Å². The summed E-state index contributed by atoms with van der Waals surface area (Å²) in [6, 6.07) is 4.71. The smallest absolute Gasteiger partial charge is 0.228 e. The predicted octanol–water partition coefficient (Wildman–Crippen LogP) is 2.45. The maximum Gasteiger partial charge on any atom is 0.228 e. The zero-order chi connectivity index (χ0) is 12.8. The number of halogens is 1. The molecular weight excluding hydrogens is 219 g/mol. The first-order chi connectivity index (χ1) is 8.10.